The van der Waals surface area contributed by atoms with E-state index in [0.717, 1.165) is 23.9 Å². The summed E-state index contributed by atoms with van der Waals surface area (Å²) in [5.41, 5.74) is 0. The minimum atomic E-state index is -0.308. The predicted molar refractivity (Wildman–Crippen MR) is 72.2 cm³/mol. The van der Waals surface area contributed by atoms with Gasteiger partial charge in [0.05, 0.1) is 12.6 Å². The molecule has 0 spiro atoms. The minimum Gasteiger partial charge on any atom is -0.392 e. The SMILES string of the molecule is O=C(CN1CCCC(O)C1)Nc1ccc(Br)cn1. The van der Waals surface area contributed by atoms with Gasteiger partial charge in [0.2, 0.25) is 5.91 Å². The van der Waals surface area contributed by atoms with E-state index in [-0.39, 0.29) is 12.0 Å². The highest BCUT2D eigenvalue weighted by Gasteiger charge is 2.19. The second-order valence-corrected chi connectivity index (χ2v) is 5.36. The molecule has 1 unspecified atom stereocenters. The highest BCUT2D eigenvalue weighted by molar-refractivity contribution is 9.10. The zero-order chi connectivity index (χ0) is 13.0. The van der Waals surface area contributed by atoms with E-state index < -0.39 is 0 Å². The lowest BCUT2D eigenvalue weighted by molar-refractivity contribution is -0.118. The number of nitrogens with zero attached hydrogens (tertiary/aromatic N) is 2. The van der Waals surface area contributed by atoms with Crippen molar-refractivity contribution in [3.05, 3.63) is 22.8 Å². The third-order valence-electron chi connectivity index (χ3n) is 2.84. The highest BCUT2D eigenvalue weighted by Crippen LogP contribution is 2.12. The summed E-state index contributed by atoms with van der Waals surface area (Å²) < 4.78 is 0.875. The van der Waals surface area contributed by atoms with Crippen molar-refractivity contribution in [3.63, 3.8) is 0 Å². The standard InChI is InChI=1S/C12H16BrN3O2/c13-9-3-4-11(14-6-9)15-12(18)8-16-5-1-2-10(17)7-16/h3-4,6,10,17H,1-2,5,7-8H2,(H,14,15,18). The van der Waals surface area contributed by atoms with Crippen molar-refractivity contribution in [2.75, 3.05) is 25.0 Å². The fourth-order valence-electron chi connectivity index (χ4n) is 2.01. The lowest BCUT2D eigenvalue weighted by Crippen LogP contribution is -2.42. The van der Waals surface area contributed by atoms with E-state index in [0.29, 0.717) is 18.9 Å². The molecule has 2 N–H and O–H groups in total. The second kappa shape index (κ2) is 6.26. The van der Waals surface area contributed by atoms with Crippen LogP contribution in [0, 0.1) is 0 Å². The Labute approximate surface area is 114 Å². The fourth-order valence-corrected chi connectivity index (χ4v) is 2.24. The fraction of sp³-hybridized carbons (Fsp3) is 0.500. The number of aliphatic hydroxyl groups excluding tert-OH is 1. The summed E-state index contributed by atoms with van der Waals surface area (Å²) in [6.45, 7) is 1.73. The largest absolute Gasteiger partial charge is 0.392 e. The quantitative estimate of drug-likeness (QED) is 0.881. The number of amides is 1. The van der Waals surface area contributed by atoms with Crippen LogP contribution >= 0.6 is 15.9 Å². The number of carbonyl (C=O) groups is 1. The molecule has 0 bridgehead atoms. The van der Waals surface area contributed by atoms with Gasteiger partial charge in [-0.15, -0.1) is 0 Å². The molecule has 1 aromatic heterocycles. The van der Waals surface area contributed by atoms with E-state index in [9.17, 15) is 9.90 Å². The van der Waals surface area contributed by atoms with Crippen LogP contribution in [0.3, 0.4) is 0 Å². The summed E-state index contributed by atoms with van der Waals surface area (Å²) in [6.07, 6.45) is 3.09. The topological polar surface area (TPSA) is 65.5 Å². The molecule has 1 saturated heterocycles. The maximum absolute atomic E-state index is 11.8. The smallest absolute Gasteiger partial charge is 0.239 e. The predicted octanol–water partition coefficient (Wildman–Crippen LogP) is 1.24. The van der Waals surface area contributed by atoms with E-state index in [2.05, 4.69) is 26.2 Å². The molecular weight excluding hydrogens is 298 g/mol. The molecular formula is C12H16BrN3O2. The number of anilines is 1. The van der Waals surface area contributed by atoms with Gasteiger partial charge in [-0.3, -0.25) is 9.69 Å². The van der Waals surface area contributed by atoms with Crippen molar-refractivity contribution in [2.45, 2.75) is 18.9 Å². The molecule has 2 heterocycles. The van der Waals surface area contributed by atoms with Gasteiger partial charge in [-0.1, -0.05) is 0 Å². The van der Waals surface area contributed by atoms with Crippen molar-refractivity contribution in [2.24, 2.45) is 0 Å². The summed E-state index contributed by atoms with van der Waals surface area (Å²) in [4.78, 5) is 17.8. The molecule has 0 saturated carbocycles. The van der Waals surface area contributed by atoms with Gasteiger partial charge in [0.1, 0.15) is 5.82 Å². The summed E-state index contributed by atoms with van der Waals surface area (Å²) in [6, 6.07) is 3.57. The van der Waals surface area contributed by atoms with Crippen LogP contribution < -0.4 is 5.32 Å². The van der Waals surface area contributed by atoms with E-state index in [1.54, 1.807) is 12.3 Å². The Kier molecular flexibility index (Phi) is 4.68. The first-order valence-corrected chi connectivity index (χ1v) is 6.74. The number of likely N-dealkylation sites (tertiary alicyclic amines) is 1. The Hall–Kier alpha value is -0.980. The molecule has 0 radical (unpaired) electrons. The monoisotopic (exact) mass is 313 g/mol. The maximum Gasteiger partial charge on any atom is 0.239 e. The zero-order valence-electron chi connectivity index (χ0n) is 9.97. The second-order valence-electron chi connectivity index (χ2n) is 4.44. The third-order valence-corrected chi connectivity index (χ3v) is 3.31. The van der Waals surface area contributed by atoms with Gasteiger partial charge >= 0.3 is 0 Å². The number of rotatable bonds is 3. The van der Waals surface area contributed by atoms with Crippen molar-refractivity contribution in [1.82, 2.24) is 9.88 Å². The molecule has 2 rings (SSSR count). The van der Waals surface area contributed by atoms with Crippen LogP contribution in [0.5, 0.6) is 0 Å². The number of nitrogens with one attached hydrogen (secondary N) is 1. The van der Waals surface area contributed by atoms with Crippen LogP contribution in [0.4, 0.5) is 5.82 Å². The third kappa shape index (κ3) is 4.04. The van der Waals surface area contributed by atoms with Gasteiger partial charge in [0, 0.05) is 17.2 Å². The van der Waals surface area contributed by atoms with E-state index in [1.807, 2.05) is 11.0 Å². The van der Waals surface area contributed by atoms with Gasteiger partial charge in [-0.2, -0.15) is 0 Å². The Bertz CT molecular complexity index is 410. The van der Waals surface area contributed by atoms with Crippen molar-refractivity contribution >= 4 is 27.7 Å². The molecule has 0 aliphatic carbocycles. The lowest BCUT2D eigenvalue weighted by atomic mass is 10.1. The molecule has 1 aliphatic heterocycles. The van der Waals surface area contributed by atoms with Crippen molar-refractivity contribution in [3.8, 4) is 0 Å². The number of piperidine rings is 1. The number of hydrogen-bond donors (Lipinski definition) is 2. The number of carbonyl (C=O) groups excluding carboxylic acids is 1. The van der Waals surface area contributed by atoms with Crippen LogP contribution in [-0.4, -0.2) is 46.6 Å². The van der Waals surface area contributed by atoms with Gasteiger partial charge < -0.3 is 10.4 Å². The van der Waals surface area contributed by atoms with Crippen molar-refractivity contribution in [1.29, 1.82) is 0 Å². The summed E-state index contributed by atoms with van der Waals surface area (Å²) >= 11 is 3.29. The molecule has 1 aromatic rings. The number of β-amino-alcohol motifs (C(OH)–C–C–N with tert-alkyl or cyclic N) is 1. The van der Waals surface area contributed by atoms with Crippen LogP contribution in [0.2, 0.25) is 0 Å². The zero-order valence-corrected chi connectivity index (χ0v) is 11.6. The van der Waals surface area contributed by atoms with Gasteiger partial charge in [-0.05, 0) is 47.4 Å². The Balaban J connectivity index is 1.83. The van der Waals surface area contributed by atoms with Crippen LogP contribution in [-0.2, 0) is 4.79 Å². The molecule has 0 aromatic carbocycles. The first-order chi connectivity index (χ1) is 8.63. The number of pyridine rings is 1. The first kappa shape index (κ1) is 13.5. The van der Waals surface area contributed by atoms with Crippen LogP contribution in [0.25, 0.3) is 0 Å². The molecule has 1 atom stereocenters. The summed E-state index contributed by atoms with van der Waals surface area (Å²) in [5.74, 6) is 0.444. The minimum absolute atomic E-state index is 0.0982. The highest BCUT2D eigenvalue weighted by atomic mass is 79.9. The van der Waals surface area contributed by atoms with Crippen LogP contribution in [0.1, 0.15) is 12.8 Å². The van der Waals surface area contributed by atoms with Gasteiger partial charge in [0.15, 0.2) is 0 Å². The van der Waals surface area contributed by atoms with E-state index >= 15 is 0 Å². The Morgan fingerprint density at radius 1 is 1.61 bits per heavy atom. The average molecular weight is 314 g/mol. The van der Waals surface area contributed by atoms with Crippen LogP contribution in [0.15, 0.2) is 22.8 Å². The van der Waals surface area contributed by atoms with Gasteiger partial charge in [-0.25, -0.2) is 4.98 Å². The normalized spacial score (nSPS) is 20.7. The Morgan fingerprint density at radius 2 is 2.44 bits per heavy atom. The van der Waals surface area contributed by atoms with E-state index in [1.165, 1.54) is 0 Å². The number of aliphatic hydroxyl groups is 1. The first-order valence-electron chi connectivity index (χ1n) is 5.95. The molecule has 6 heteroatoms. The lowest BCUT2D eigenvalue weighted by Gasteiger charge is -2.29. The molecule has 1 fully saturated rings. The molecule has 98 valence electrons. The van der Waals surface area contributed by atoms with Gasteiger partial charge in [0.25, 0.3) is 0 Å². The summed E-state index contributed by atoms with van der Waals surface area (Å²) in [7, 11) is 0. The number of halogens is 1. The Morgan fingerprint density at radius 3 is 3.11 bits per heavy atom. The number of hydrogen-bond acceptors (Lipinski definition) is 4. The maximum atomic E-state index is 11.8. The number of aromatic nitrogens is 1. The van der Waals surface area contributed by atoms with Crippen molar-refractivity contribution < 1.29 is 9.90 Å². The molecule has 1 aliphatic rings. The van der Waals surface area contributed by atoms with E-state index in [4.69, 9.17) is 0 Å². The molecule has 1 amide bonds. The summed E-state index contributed by atoms with van der Waals surface area (Å²) in [5, 5.41) is 12.3. The molecule has 5 nitrogen and oxygen atoms in total. The molecule has 18 heavy (non-hydrogen) atoms. The average Bonchev–Trinajstić information content (AvgIpc) is 2.32.